The second kappa shape index (κ2) is 30.5. The summed E-state index contributed by atoms with van der Waals surface area (Å²) in [5.41, 5.74) is 10.9. The van der Waals surface area contributed by atoms with E-state index in [1.807, 2.05) is 34.0 Å². The molecule has 0 atom stereocenters. The van der Waals surface area contributed by atoms with Gasteiger partial charge in [0.15, 0.2) is 0 Å². The van der Waals surface area contributed by atoms with Crippen molar-refractivity contribution < 1.29 is 41.7 Å². The summed E-state index contributed by atoms with van der Waals surface area (Å²) in [5, 5.41) is 22.4. The molecule has 0 unspecified atom stereocenters. The molecule has 126 heavy (non-hydrogen) atoms. The molecule has 20 aromatic rings. The number of furan rings is 1. The van der Waals surface area contributed by atoms with Crippen LogP contribution in [0.25, 0.3) is 170 Å². The smallest absolute Gasteiger partial charge is 0.455 e. The summed E-state index contributed by atoms with van der Waals surface area (Å²) in [4.78, 5) is 0. The van der Waals surface area contributed by atoms with E-state index >= 15 is 0 Å². The van der Waals surface area contributed by atoms with Crippen LogP contribution >= 0.6 is 34.0 Å². The van der Waals surface area contributed by atoms with Crippen molar-refractivity contribution in [3.8, 4) is 33.4 Å². The van der Waals surface area contributed by atoms with E-state index in [1.54, 1.807) is 0 Å². The van der Waals surface area contributed by atoms with Gasteiger partial charge in [0.25, 0.3) is 0 Å². The molecule has 0 bridgehead atoms. The summed E-state index contributed by atoms with van der Waals surface area (Å²) in [6.45, 7) is 33.6. The van der Waals surface area contributed by atoms with Crippen molar-refractivity contribution in [3.05, 3.63) is 303 Å². The summed E-state index contributed by atoms with van der Waals surface area (Å²) >= 11 is 5.51. The van der Waals surface area contributed by atoms with Crippen LogP contribution in [0.2, 0.25) is 0 Å². The van der Waals surface area contributed by atoms with Gasteiger partial charge in [0.1, 0.15) is 11.2 Å². The summed E-state index contributed by atoms with van der Waals surface area (Å²) < 4.78 is 64.8. The van der Waals surface area contributed by atoms with Gasteiger partial charge in [-0.05, 0) is 245 Å². The Morgan fingerprint density at radius 3 is 1.25 bits per heavy atom. The highest BCUT2D eigenvalue weighted by molar-refractivity contribution is 7.28. The predicted octanol–water partition coefficient (Wildman–Crippen LogP) is 27.7. The Morgan fingerprint density at radius 2 is 0.619 bits per heavy atom. The lowest BCUT2D eigenvalue weighted by Gasteiger charge is -2.32. The van der Waals surface area contributed by atoms with Gasteiger partial charge in [-0.25, -0.2) is 0 Å². The molecule has 16 heteroatoms. The molecule has 4 fully saturated rings. The van der Waals surface area contributed by atoms with E-state index in [9.17, 15) is 0 Å². The monoisotopic (exact) mass is 1700 g/mol. The zero-order valence-electron chi connectivity index (χ0n) is 74.1. The average molecular weight is 1700 g/mol. The van der Waals surface area contributed by atoms with Gasteiger partial charge in [0.05, 0.1) is 44.8 Å². The highest BCUT2D eigenvalue weighted by Gasteiger charge is 2.55. The predicted molar refractivity (Wildman–Crippen MR) is 538 cm³/mol. The number of benzene rings is 16. The van der Waals surface area contributed by atoms with Crippen LogP contribution in [0.3, 0.4) is 0 Å². The van der Waals surface area contributed by atoms with Crippen LogP contribution in [0.5, 0.6) is 0 Å². The third kappa shape index (κ3) is 14.0. The third-order valence-electron chi connectivity index (χ3n) is 28.2. The van der Waals surface area contributed by atoms with E-state index in [-0.39, 0.29) is 73.3 Å². The normalized spacial score (nSPS) is 17.7. The number of hydrogen-bond acceptors (Lipinski definition) is 12. The van der Waals surface area contributed by atoms with Gasteiger partial charge in [-0.1, -0.05) is 267 Å². The first kappa shape index (κ1) is 82.2. The Hall–Kier alpha value is -10.8. The molecule has 4 saturated heterocycles. The van der Waals surface area contributed by atoms with Crippen molar-refractivity contribution in [3.63, 3.8) is 0 Å². The zero-order chi connectivity index (χ0) is 86.9. The number of hydrogen-bond donors (Lipinski definition) is 0. The largest absolute Gasteiger partial charge is 0.496 e. The number of thiophene rings is 3. The van der Waals surface area contributed by atoms with Crippen molar-refractivity contribution in [2.75, 3.05) is 0 Å². The summed E-state index contributed by atoms with van der Waals surface area (Å²) in [5.74, 6) is 0. The molecular weight excluding hydrogens is 1600 g/mol. The molecule has 8 heterocycles. The van der Waals surface area contributed by atoms with Gasteiger partial charge in [-0.15, -0.1) is 34.0 Å². The molecule has 0 radical (unpaired) electrons. The van der Waals surface area contributed by atoms with Crippen molar-refractivity contribution in [2.45, 2.75) is 156 Å². The third-order valence-corrected chi connectivity index (χ3v) is 31.9. The summed E-state index contributed by atoms with van der Waals surface area (Å²) in [6.07, 6.45) is 0. The molecule has 0 amide bonds. The molecule has 4 aliphatic heterocycles. The lowest BCUT2D eigenvalue weighted by atomic mass is 9.78. The number of rotatable bonds is 7. The SMILES string of the molecule is CC1(C)OB(c2ccc3c(c2)sc2cc4ccccc4cc23)OC1(C)C.CC1(C)OB(c2ccc3cc(-c4cccc5oc6c7ccccc7c7ccccc7c6c45)ccc3c2)OC1(C)C.CC1(C)OB(c2cccc3c2sc2c(-c4cccc5ccccc45)cccc23)OC1(C)C.CC1(C)OB(c2cccc3c2sc2cc(-c4ccccc4)ccc23)OC1(C)C. The van der Waals surface area contributed by atoms with Crippen molar-refractivity contribution in [1.82, 2.24) is 0 Å². The first-order valence-corrected chi connectivity index (χ1v) is 46.3. The maximum atomic E-state index is 6.60. The molecule has 622 valence electrons. The average Bonchev–Trinajstić information content (AvgIpc) is 1.54. The van der Waals surface area contributed by atoms with Gasteiger partial charge in [-0.3, -0.25) is 0 Å². The fourth-order valence-electron chi connectivity index (χ4n) is 18.3. The molecule has 16 aromatic carbocycles. The van der Waals surface area contributed by atoms with E-state index in [0.717, 1.165) is 49.2 Å². The van der Waals surface area contributed by atoms with E-state index in [4.69, 9.17) is 41.7 Å². The molecule has 0 saturated carbocycles. The second-order valence-corrected chi connectivity index (χ2v) is 41.4. The van der Waals surface area contributed by atoms with Crippen LogP contribution in [0.15, 0.2) is 308 Å². The fourth-order valence-corrected chi connectivity index (χ4v) is 22.1. The molecule has 4 aliphatic rings. The van der Waals surface area contributed by atoms with Gasteiger partial charge in [-0.2, -0.15) is 0 Å². The van der Waals surface area contributed by atoms with E-state index in [1.165, 1.54) is 142 Å². The minimum Gasteiger partial charge on any atom is -0.455 e. The van der Waals surface area contributed by atoms with Crippen LogP contribution in [0.1, 0.15) is 111 Å². The fraction of sp³-hybridized carbons (Fsp3) is 0.218. The van der Waals surface area contributed by atoms with Crippen molar-refractivity contribution in [2.24, 2.45) is 0 Å². The molecule has 0 N–H and O–H groups in total. The van der Waals surface area contributed by atoms with E-state index in [2.05, 4.69) is 414 Å². The maximum Gasteiger partial charge on any atom is 0.496 e. The van der Waals surface area contributed by atoms with Crippen LogP contribution in [-0.4, -0.2) is 73.3 Å². The van der Waals surface area contributed by atoms with Gasteiger partial charge in [0.2, 0.25) is 0 Å². The highest BCUT2D eigenvalue weighted by atomic mass is 32.1. The minimum absolute atomic E-state index is 0.311. The van der Waals surface area contributed by atoms with E-state index in [0.29, 0.717) is 0 Å². The minimum atomic E-state index is -0.372. The molecule has 24 rings (SSSR count). The first-order valence-electron chi connectivity index (χ1n) is 43.9. The lowest BCUT2D eigenvalue weighted by molar-refractivity contribution is 0.00578. The Labute approximate surface area is 749 Å². The standard InChI is InChI=1S/C36H29BO3.C28H25BO2S.C24H23BO2S.C22H21BO2S/c1-35(2)36(3,4)40-37(39-35)25-19-18-22-20-24(17-16-23(22)21-25)26-14-9-15-31-32(26)33-29-12-7-5-10-27(29)28-11-6-8-13-30(28)34(33)38-31;1-27(2)28(3,4)31-29(30-27)24-17-9-16-23-22-15-8-14-21(25(22)32-26(23)24)20-13-7-11-18-10-5-6-12-19(18)20;1-23(2)24(3,4)27-25(26-23)20-12-8-11-19-18-14-13-17(15-21(18)28-22(19)20)16-9-6-5-7-10-16;1-21(2)22(3,4)25-23(24-21)16-9-10-17-18-11-14-7-5-6-8-15(14)12-19(18)26-20(17)13-16/h5-21H,1-4H3;5-17H,1-4H3;5-15H,1-4H3;5-13H,1-4H3. The molecule has 4 aromatic heterocycles. The Balaban J connectivity index is 0.000000104. The zero-order valence-corrected chi connectivity index (χ0v) is 76.5. The van der Waals surface area contributed by atoms with Crippen LogP contribution in [0, 0.1) is 0 Å². The Kier molecular flexibility index (Phi) is 19.9. The summed E-state index contributed by atoms with van der Waals surface area (Å²) in [6, 6.07) is 109. The quantitative estimate of drug-likeness (QED) is 0.114. The molecule has 9 nitrogen and oxygen atoms in total. The van der Waals surface area contributed by atoms with Gasteiger partial charge in [0, 0.05) is 82.4 Å². The van der Waals surface area contributed by atoms with Crippen LogP contribution < -0.4 is 21.9 Å². The maximum absolute atomic E-state index is 6.60. The Bertz CT molecular complexity index is 7700. The van der Waals surface area contributed by atoms with E-state index < -0.39 is 0 Å². The van der Waals surface area contributed by atoms with Crippen molar-refractivity contribution in [1.29, 1.82) is 0 Å². The second-order valence-electron chi connectivity index (χ2n) is 38.2. The number of fused-ring (bicyclic) bond motifs is 20. The Morgan fingerprint density at radius 1 is 0.214 bits per heavy atom. The molecule has 0 spiro atoms. The van der Waals surface area contributed by atoms with Crippen molar-refractivity contribution >= 4 is 221 Å². The topological polar surface area (TPSA) is 87.0 Å². The van der Waals surface area contributed by atoms with Gasteiger partial charge >= 0.3 is 28.5 Å². The summed E-state index contributed by atoms with van der Waals surface area (Å²) in [7, 11) is -1.38. The first-order chi connectivity index (χ1) is 60.4. The van der Waals surface area contributed by atoms with Crippen LogP contribution in [-0.2, 0) is 37.2 Å². The molecule has 0 aliphatic carbocycles. The van der Waals surface area contributed by atoms with Crippen LogP contribution in [0.4, 0.5) is 0 Å². The molecular formula is C110H98B4O9S3. The van der Waals surface area contributed by atoms with Gasteiger partial charge < -0.3 is 41.7 Å². The lowest BCUT2D eigenvalue weighted by Crippen LogP contribution is -2.41. The highest BCUT2D eigenvalue weighted by Crippen LogP contribution is 2.49.